The van der Waals surface area contributed by atoms with Crippen LogP contribution >= 0.6 is 0 Å². The summed E-state index contributed by atoms with van der Waals surface area (Å²) >= 11 is 0. The van der Waals surface area contributed by atoms with E-state index in [1.807, 2.05) is 0 Å². The lowest BCUT2D eigenvalue weighted by molar-refractivity contribution is 0.362. The maximum Gasteiger partial charge on any atom is -0.0130 e. The van der Waals surface area contributed by atoms with E-state index in [-0.39, 0.29) is 0 Å². The fraction of sp³-hybridized carbons (Fsp3) is 0.750. The van der Waals surface area contributed by atoms with Gasteiger partial charge in [-0.25, -0.2) is 0 Å². The van der Waals surface area contributed by atoms with Gasteiger partial charge in [-0.2, -0.15) is 0 Å². The highest BCUT2D eigenvalue weighted by Crippen LogP contribution is 2.26. The van der Waals surface area contributed by atoms with Crippen molar-refractivity contribution in [1.29, 1.82) is 0 Å². The number of allylic oxidation sites excluding steroid dienone is 1. The van der Waals surface area contributed by atoms with Gasteiger partial charge in [0.25, 0.3) is 0 Å². The molecule has 0 aliphatic rings. The summed E-state index contributed by atoms with van der Waals surface area (Å²) in [4.78, 5) is 0. The zero-order valence-electron chi connectivity index (χ0n) is 8.98. The molecule has 0 amide bonds. The molecule has 0 heterocycles. The van der Waals surface area contributed by atoms with Gasteiger partial charge in [-0.1, -0.05) is 46.6 Å². The summed E-state index contributed by atoms with van der Waals surface area (Å²) in [6.07, 6.45) is 3.89. The highest BCUT2D eigenvalue weighted by Gasteiger charge is 2.15. The van der Waals surface area contributed by atoms with Gasteiger partial charge < -0.3 is 0 Å². The Morgan fingerprint density at radius 2 is 2.00 bits per heavy atom. The second-order valence-corrected chi connectivity index (χ2v) is 3.61. The molecule has 0 N–H and O–H groups in total. The Bertz CT molecular complexity index is 161. The van der Waals surface area contributed by atoms with E-state index in [1.165, 1.54) is 24.8 Å². The predicted octanol–water partition coefficient (Wildman–Crippen LogP) is 4.18. The molecular weight excluding hydrogens is 144 g/mol. The summed E-state index contributed by atoms with van der Waals surface area (Å²) in [6, 6.07) is 0. The summed E-state index contributed by atoms with van der Waals surface area (Å²) in [7, 11) is 0. The first kappa shape index (κ1) is 11.5. The molecule has 12 heavy (non-hydrogen) atoms. The molecule has 0 aromatic carbocycles. The third-order valence-corrected chi connectivity index (χ3v) is 2.85. The average Bonchev–Trinajstić information content (AvgIpc) is 2.11. The van der Waals surface area contributed by atoms with Crippen molar-refractivity contribution in [2.75, 3.05) is 0 Å². The third kappa shape index (κ3) is 3.28. The normalized spacial score (nSPS) is 15.0. The molecule has 0 aromatic rings. The lowest BCUT2D eigenvalue weighted by Gasteiger charge is -2.21. The molecule has 0 saturated carbocycles. The largest absolute Gasteiger partial charge is 0.130 e. The Hall–Kier alpha value is -0.480. The van der Waals surface area contributed by atoms with Gasteiger partial charge in [0.05, 0.1) is 0 Å². The zero-order valence-corrected chi connectivity index (χ0v) is 8.98. The van der Waals surface area contributed by atoms with Crippen molar-refractivity contribution in [3.8, 4) is 0 Å². The van der Waals surface area contributed by atoms with Crippen LogP contribution in [0.4, 0.5) is 0 Å². The molecule has 2 unspecified atom stereocenters. The molecule has 0 saturated heterocycles. The molecule has 0 radical (unpaired) electrons. The minimum Gasteiger partial charge on any atom is -0.130 e. The fourth-order valence-electron chi connectivity index (χ4n) is 1.69. The van der Waals surface area contributed by atoms with Gasteiger partial charge in [0.15, 0.2) is 0 Å². The molecule has 2 atom stereocenters. The van der Waals surface area contributed by atoms with Crippen LogP contribution in [0, 0.1) is 11.8 Å². The molecule has 0 nitrogen and oxygen atoms in total. The van der Waals surface area contributed by atoms with Crippen LogP contribution in [0.25, 0.3) is 0 Å². The molecule has 70 valence electrons. The molecule has 0 aromatic heterocycles. The summed E-state index contributed by atoms with van der Waals surface area (Å²) in [5, 5.41) is 0. The lowest BCUT2D eigenvalue weighted by Crippen LogP contribution is -2.11. The maximum absolute atomic E-state index is 3.70. The van der Waals surface area contributed by atoms with Crippen molar-refractivity contribution in [2.45, 2.75) is 47.0 Å². The van der Waals surface area contributed by atoms with Crippen molar-refractivity contribution < 1.29 is 0 Å². The van der Waals surface area contributed by atoms with Crippen molar-refractivity contribution >= 4 is 0 Å². The van der Waals surface area contributed by atoms with E-state index in [0.717, 1.165) is 5.92 Å². The minimum absolute atomic E-state index is 0.660. The van der Waals surface area contributed by atoms with Crippen molar-refractivity contribution in [2.24, 2.45) is 11.8 Å². The van der Waals surface area contributed by atoms with Crippen LogP contribution in [0.3, 0.4) is 0 Å². The smallest absolute Gasteiger partial charge is 0.0130 e. The van der Waals surface area contributed by atoms with Gasteiger partial charge in [0, 0.05) is 0 Å². The van der Waals surface area contributed by atoms with Crippen LogP contribution in [-0.4, -0.2) is 0 Å². The average molecular weight is 166 g/mol. The Morgan fingerprint density at radius 3 is 2.33 bits per heavy atom. The second-order valence-electron chi connectivity index (χ2n) is 3.61. The summed E-state index contributed by atoms with van der Waals surface area (Å²) < 4.78 is 0. The summed E-state index contributed by atoms with van der Waals surface area (Å²) in [6.45, 7) is 12.6. The van der Waals surface area contributed by atoms with Crippen LogP contribution in [0.2, 0.25) is 0 Å². The van der Waals surface area contributed by atoms with Crippen LogP contribution in [0.15, 0.2) is 17.9 Å². The van der Waals surface area contributed by atoms with E-state index < -0.39 is 0 Å². The SMILES string of the molecule is C=C=C(C)C(C)C(CC)CCC. The van der Waals surface area contributed by atoms with Gasteiger partial charge >= 0.3 is 0 Å². The van der Waals surface area contributed by atoms with E-state index in [2.05, 4.69) is 40.0 Å². The molecule has 0 fully saturated rings. The highest BCUT2D eigenvalue weighted by molar-refractivity contribution is 5.00. The first-order valence-corrected chi connectivity index (χ1v) is 5.03. The van der Waals surface area contributed by atoms with Crippen LogP contribution in [0.1, 0.15) is 47.0 Å². The van der Waals surface area contributed by atoms with Crippen LogP contribution < -0.4 is 0 Å². The van der Waals surface area contributed by atoms with Gasteiger partial charge in [0.1, 0.15) is 0 Å². The molecule has 0 aliphatic heterocycles. The predicted molar refractivity (Wildman–Crippen MR) is 56.2 cm³/mol. The van der Waals surface area contributed by atoms with Gasteiger partial charge in [-0.15, -0.1) is 5.73 Å². The molecule has 0 rings (SSSR count). The van der Waals surface area contributed by atoms with Gasteiger partial charge in [-0.05, 0) is 24.3 Å². The topological polar surface area (TPSA) is 0 Å². The summed E-state index contributed by atoms with van der Waals surface area (Å²) in [5.74, 6) is 1.48. The third-order valence-electron chi connectivity index (χ3n) is 2.85. The van der Waals surface area contributed by atoms with Crippen LogP contribution in [0.5, 0.6) is 0 Å². The van der Waals surface area contributed by atoms with E-state index in [1.54, 1.807) is 0 Å². The monoisotopic (exact) mass is 166 g/mol. The van der Waals surface area contributed by atoms with Gasteiger partial charge in [0.2, 0.25) is 0 Å². The number of rotatable bonds is 5. The van der Waals surface area contributed by atoms with E-state index in [9.17, 15) is 0 Å². The second kappa shape index (κ2) is 6.08. The number of hydrogen-bond donors (Lipinski definition) is 0. The zero-order chi connectivity index (χ0) is 9.56. The summed E-state index contributed by atoms with van der Waals surface area (Å²) in [5.41, 5.74) is 4.32. The molecule has 0 aliphatic carbocycles. The minimum atomic E-state index is 0.660. The molecule has 0 heteroatoms. The Labute approximate surface area is 77.4 Å². The quantitative estimate of drug-likeness (QED) is 0.537. The molecule has 0 bridgehead atoms. The van der Waals surface area contributed by atoms with E-state index in [4.69, 9.17) is 0 Å². The Kier molecular flexibility index (Phi) is 5.84. The van der Waals surface area contributed by atoms with Crippen molar-refractivity contribution in [3.63, 3.8) is 0 Å². The van der Waals surface area contributed by atoms with E-state index >= 15 is 0 Å². The fourth-order valence-corrected chi connectivity index (χ4v) is 1.69. The van der Waals surface area contributed by atoms with Crippen LogP contribution in [-0.2, 0) is 0 Å². The van der Waals surface area contributed by atoms with Crippen molar-refractivity contribution in [3.05, 3.63) is 17.9 Å². The first-order valence-electron chi connectivity index (χ1n) is 5.03. The van der Waals surface area contributed by atoms with E-state index in [0.29, 0.717) is 5.92 Å². The molecular formula is C12H22. The lowest BCUT2D eigenvalue weighted by atomic mass is 9.84. The Balaban J connectivity index is 4.20. The van der Waals surface area contributed by atoms with Crippen molar-refractivity contribution in [1.82, 2.24) is 0 Å². The maximum atomic E-state index is 3.70. The molecule has 0 spiro atoms. The highest BCUT2D eigenvalue weighted by atomic mass is 14.2. The number of hydrogen-bond acceptors (Lipinski definition) is 0. The van der Waals surface area contributed by atoms with Gasteiger partial charge in [-0.3, -0.25) is 0 Å². The Morgan fingerprint density at radius 1 is 1.42 bits per heavy atom. The standard InChI is InChI=1S/C12H22/c1-6-9-12(8-3)11(5)10(4)7-2/h11-12H,2,6,8-9H2,1,3-5H3. The first-order chi connectivity index (χ1) is 5.67.